The average Bonchev–Trinajstić information content (AvgIpc) is 3.44. The molecule has 2 N–H and O–H groups in total. The highest BCUT2D eigenvalue weighted by Gasteiger charge is 2.24. The van der Waals surface area contributed by atoms with Crippen LogP contribution in [0, 0.1) is 0 Å². The first-order valence-corrected chi connectivity index (χ1v) is 11.1. The normalized spacial score (nSPS) is 20.5. The van der Waals surface area contributed by atoms with Crippen LogP contribution < -0.4 is 10.6 Å². The summed E-state index contributed by atoms with van der Waals surface area (Å²) in [6.07, 6.45) is 3.18. The number of piperidine rings is 1. The maximum atomic E-state index is 12.7. The number of likely N-dealkylation sites (tertiary alicyclic amines) is 1. The summed E-state index contributed by atoms with van der Waals surface area (Å²) in [5, 5.41) is 8.12. The number of hydrogen-bond donors (Lipinski definition) is 2. The lowest BCUT2D eigenvalue weighted by atomic mass is 10.0. The Bertz CT molecular complexity index is 826. The van der Waals surface area contributed by atoms with Gasteiger partial charge in [-0.1, -0.05) is 12.1 Å². The maximum Gasteiger partial charge on any atom is 0.253 e. The lowest BCUT2D eigenvalue weighted by Crippen LogP contribution is -2.44. The monoisotopic (exact) mass is 413 g/mol. The maximum absolute atomic E-state index is 12.7. The van der Waals surface area contributed by atoms with Crippen molar-refractivity contribution in [1.29, 1.82) is 0 Å². The minimum atomic E-state index is -0.383. The molecule has 1 unspecified atom stereocenters. The zero-order valence-electron chi connectivity index (χ0n) is 16.4. The van der Waals surface area contributed by atoms with Gasteiger partial charge in [0.2, 0.25) is 0 Å². The molecule has 0 saturated carbocycles. The topological polar surface area (TPSA) is 70.7 Å². The van der Waals surface area contributed by atoms with Crippen LogP contribution in [0.3, 0.4) is 0 Å². The highest BCUT2D eigenvalue weighted by atomic mass is 32.1. The van der Waals surface area contributed by atoms with Crippen molar-refractivity contribution < 1.29 is 14.3 Å². The molecule has 0 aliphatic carbocycles. The molecule has 29 heavy (non-hydrogen) atoms. The number of nitrogens with zero attached hydrogens (tertiary/aromatic N) is 1. The Hall–Kier alpha value is -2.22. The first-order valence-electron chi connectivity index (χ1n) is 10.3. The second kappa shape index (κ2) is 9.52. The van der Waals surface area contributed by atoms with E-state index in [1.807, 2.05) is 0 Å². The van der Waals surface area contributed by atoms with Gasteiger partial charge >= 0.3 is 0 Å². The Morgan fingerprint density at radius 1 is 1.14 bits per heavy atom. The number of anilines is 1. The molecule has 6 nitrogen and oxygen atoms in total. The van der Waals surface area contributed by atoms with E-state index in [9.17, 15) is 9.59 Å². The van der Waals surface area contributed by atoms with E-state index in [1.165, 1.54) is 4.88 Å². The smallest absolute Gasteiger partial charge is 0.253 e. The van der Waals surface area contributed by atoms with Gasteiger partial charge in [0, 0.05) is 48.4 Å². The van der Waals surface area contributed by atoms with E-state index >= 15 is 0 Å². The highest BCUT2D eigenvalue weighted by Crippen LogP contribution is 2.19. The summed E-state index contributed by atoms with van der Waals surface area (Å²) >= 11 is 1.79. The molecule has 2 saturated heterocycles. The van der Waals surface area contributed by atoms with Gasteiger partial charge in [0.05, 0.1) is 0 Å². The molecule has 4 rings (SSSR count). The third-order valence-electron chi connectivity index (χ3n) is 5.50. The second-order valence-corrected chi connectivity index (χ2v) is 8.71. The standard InChI is InChI=1S/C22H27N3O3S/c26-21(23-17-8-10-25(11-9-17)15-19-6-3-13-29-19)16-4-1-5-18(14-16)24-22(27)20-7-2-12-28-20/h1,3-6,13-14,17,20H,2,7-12,15H2,(H,23,26)(H,24,27). The SMILES string of the molecule is O=C(NC1CCN(Cc2cccs2)CC1)c1cccc(NC(=O)C2CCCO2)c1. The van der Waals surface area contributed by atoms with Crippen molar-refractivity contribution in [3.05, 3.63) is 52.2 Å². The molecule has 1 atom stereocenters. The van der Waals surface area contributed by atoms with E-state index in [1.54, 1.807) is 35.6 Å². The van der Waals surface area contributed by atoms with Crippen LogP contribution >= 0.6 is 11.3 Å². The lowest BCUT2D eigenvalue weighted by Gasteiger charge is -2.32. The molecule has 2 amide bonds. The van der Waals surface area contributed by atoms with Crippen molar-refractivity contribution in [3.8, 4) is 0 Å². The van der Waals surface area contributed by atoms with Crippen molar-refractivity contribution in [2.75, 3.05) is 25.0 Å². The van der Waals surface area contributed by atoms with Crippen LogP contribution in [0.25, 0.3) is 0 Å². The van der Waals surface area contributed by atoms with Crippen LogP contribution in [0.5, 0.6) is 0 Å². The second-order valence-electron chi connectivity index (χ2n) is 7.67. The van der Waals surface area contributed by atoms with Crippen molar-refractivity contribution in [2.45, 2.75) is 44.4 Å². The minimum absolute atomic E-state index is 0.0880. The molecule has 154 valence electrons. The number of ether oxygens (including phenoxy) is 1. The molecule has 7 heteroatoms. The van der Waals surface area contributed by atoms with Crippen molar-refractivity contribution in [3.63, 3.8) is 0 Å². The fourth-order valence-electron chi connectivity index (χ4n) is 3.87. The lowest BCUT2D eigenvalue weighted by molar-refractivity contribution is -0.124. The molecular weight excluding hydrogens is 386 g/mol. The first-order chi connectivity index (χ1) is 14.2. The van der Waals surface area contributed by atoms with Gasteiger partial charge in [-0.3, -0.25) is 14.5 Å². The molecule has 2 fully saturated rings. The van der Waals surface area contributed by atoms with Gasteiger partial charge in [-0.15, -0.1) is 11.3 Å². The molecule has 0 radical (unpaired) electrons. The number of rotatable bonds is 6. The number of benzene rings is 1. The van der Waals surface area contributed by atoms with Gasteiger partial charge in [-0.05, 0) is 55.3 Å². The van der Waals surface area contributed by atoms with Crippen LogP contribution in [0.2, 0.25) is 0 Å². The Kier molecular flexibility index (Phi) is 6.59. The van der Waals surface area contributed by atoms with E-state index in [4.69, 9.17) is 4.74 Å². The van der Waals surface area contributed by atoms with Crippen LogP contribution in [-0.2, 0) is 16.1 Å². The van der Waals surface area contributed by atoms with E-state index in [0.717, 1.165) is 45.3 Å². The Morgan fingerprint density at radius 2 is 2.00 bits per heavy atom. The molecule has 0 spiro atoms. The predicted molar refractivity (Wildman–Crippen MR) is 114 cm³/mol. The van der Waals surface area contributed by atoms with Crippen molar-refractivity contribution in [1.82, 2.24) is 10.2 Å². The molecule has 0 bridgehead atoms. The third kappa shape index (κ3) is 5.44. The molecule has 3 heterocycles. The number of nitrogens with one attached hydrogen (secondary N) is 2. The fourth-order valence-corrected chi connectivity index (χ4v) is 4.62. The van der Waals surface area contributed by atoms with E-state index in [2.05, 4.69) is 33.0 Å². The Morgan fingerprint density at radius 3 is 2.72 bits per heavy atom. The zero-order chi connectivity index (χ0) is 20.1. The highest BCUT2D eigenvalue weighted by molar-refractivity contribution is 7.09. The van der Waals surface area contributed by atoms with Gasteiger partial charge in [0.25, 0.3) is 11.8 Å². The van der Waals surface area contributed by atoms with Crippen molar-refractivity contribution >= 4 is 28.8 Å². The van der Waals surface area contributed by atoms with E-state index in [0.29, 0.717) is 17.9 Å². The van der Waals surface area contributed by atoms with Crippen LogP contribution in [0.15, 0.2) is 41.8 Å². The molecule has 2 aliphatic rings. The molecular formula is C22H27N3O3S. The summed E-state index contributed by atoms with van der Waals surface area (Å²) in [7, 11) is 0. The van der Waals surface area contributed by atoms with Gasteiger partial charge in [-0.25, -0.2) is 0 Å². The van der Waals surface area contributed by atoms with Gasteiger partial charge in [-0.2, -0.15) is 0 Å². The van der Waals surface area contributed by atoms with Crippen LogP contribution in [0.1, 0.15) is 40.9 Å². The Balaban J connectivity index is 1.27. The molecule has 2 aliphatic heterocycles. The predicted octanol–water partition coefficient (Wildman–Crippen LogP) is 3.26. The summed E-state index contributed by atoms with van der Waals surface area (Å²) in [5.74, 6) is -0.229. The number of hydrogen-bond acceptors (Lipinski definition) is 5. The van der Waals surface area contributed by atoms with Crippen LogP contribution in [-0.4, -0.2) is 48.6 Å². The zero-order valence-corrected chi connectivity index (χ0v) is 17.2. The fraction of sp³-hybridized carbons (Fsp3) is 0.455. The minimum Gasteiger partial charge on any atom is -0.368 e. The first kappa shape index (κ1) is 20.1. The largest absolute Gasteiger partial charge is 0.368 e. The summed E-state index contributed by atoms with van der Waals surface area (Å²) < 4.78 is 5.41. The third-order valence-corrected chi connectivity index (χ3v) is 6.36. The number of thiophene rings is 1. The summed E-state index contributed by atoms with van der Waals surface area (Å²) in [4.78, 5) is 28.7. The summed E-state index contributed by atoms with van der Waals surface area (Å²) in [5.41, 5.74) is 1.19. The molecule has 2 aromatic rings. The molecule has 1 aromatic heterocycles. The summed E-state index contributed by atoms with van der Waals surface area (Å²) in [6.45, 7) is 3.60. The molecule has 1 aromatic carbocycles. The quantitative estimate of drug-likeness (QED) is 0.763. The van der Waals surface area contributed by atoms with Gasteiger partial charge in [0.1, 0.15) is 6.10 Å². The van der Waals surface area contributed by atoms with Gasteiger partial charge in [0.15, 0.2) is 0 Å². The number of carbonyl (C=O) groups excluding carboxylic acids is 2. The van der Waals surface area contributed by atoms with E-state index < -0.39 is 0 Å². The van der Waals surface area contributed by atoms with E-state index in [-0.39, 0.29) is 24.0 Å². The Labute approximate surface area is 175 Å². The number of amides is 2. The van der Waals surface area contributed by atoms with Gasteiger partial charge < -0.3 is 15.4 Å². The van der Waals surface area contributed by atoms with Crippen molar-refractivity contribution in [2.24, 2.45) is 0 Å². The summed E-state index contributed by atoms with van der Waals surface area (Å²) in [6, 6.07) is 11.5. The van der Waals surface area contributed by atoms with Crippen LogP contribution in [0.4, 0.5) is 5.69 Å². The number of carbonyl (C=O) groups is 2. The average molecular weight is 414 g/mol.